The van der Waals surface area contributed by atoms with Gasteiger partial charge >= 0.3 is 0 Å². The lowest BCUT2D eigenvalue weighted by molar-refractivity contribution is 0.350. The van der Waals surface area contributed by atoms with Crippen LogP contribution in [0.3, 0.4) is 0 Å². The highest BCUT2D eigenvalue weighted by molar-refractivity contribution is 7.92. The van der Waals surface area contributed by atoms with Crippen molar-refractivity contribution in [1.82, 2.24) is 0 Å². The lowest BCUT2D eigenvalue weighted by Gasteiger charge is -2.10. The van der Waals surface area contributed by atoms with Gasteiger partial charge in [-0.25, -0.2) is 12.8 Å². The maximum Gasteiger partial charge on any atom is 0.233 e. The molecule has 1 aromatic rings. The first kappa shape index (κ1) is 15.5. The lowest BCUT2D eigenvalue weighted by Crippen LogP contribution is -2.20. The first-order valence-corrected chi connectivity index (χ1v) is 7.39. The molecule has 0 bridgehead atoms. The zero-order valence-electron chi connectivity index (χ0n) is 10.8. The Morgan fingerprint density at radius 1 is 1.42 bits per heavy atom. The second-order valence-corrected chi connectivity index (χ2v) is 6.20. The molecule has 0 saturated heterocycles. The Labute approximate surface area is 112 Å². The van der Waals surface area contributed by atoms with Crippen LogP contribution in [0.2, 0.25) is 0 Å². The van der Waals surface area contributed by atoms with Crippen LogP contribution in [-0.2, 0) is 10.0 Å². The maximum atomic E-state index is 13.7. The van der Waals surface area contributed by atoms with Crippen molar-refractivity contribution < 1.29 is 17.9 Å². The van der Waals surface area contributed by atoms with E-state index in [2.05, 4.69) is 16.6 Å². The van der Waals surface area contributed by atoms with Crippen LogP contribution in [-0.4, -0.2) is 25.9 Å². The summed E-state index contributed by atoms with van der Waals surface area (Å²) < 4.78 is 39.3. The highest BCUT2D eigenvalue weighted by Crippen LogP contribution is 2.17. The fourth-order valence-corrected chi connectivity index (χ4v) is 2.93. The third-order valence-electron chi connectivity index (χ3n) is 2.10. The van der Waals surface area contributed by atoms with Crippen molar-refractivity contribution in [3.63, 3.8) is 0 Å². The summed E-state index contributed by atoms with van der Waals surface area (Å²) in [6.45, 7) is 3.22. The van der Waals surface area contributed by atoms with Gasteiger partial charge in [0.25, 0.3) is 0 Å². The third kappa shape index (κ3) is 5.28. The molecule has 6 heteroatoms. The molecule has 0 saturated carbocycles. The number of rotatable bonds is 4. The molecule has 4 nitrogen and oxygen atoms in total. The Morgan fingerprint density at radius 3 is 2.63 bits per heavy atom. The van der Waals surface area contributed by atoms with Gasteiger partial charge in [-0.15, -0.1) is 0 Å². The number of aliphatic hydroxyl groups is 1. The zero-order chi connectivity index (χ0) is 14.5. The molecular formula is C13H16FNO3S. The lowest BCUT2D eigenvalue weighted by atomic mass is 10.2. The van der Waals surface area contributed by atoms with Crippen LogP contribution in [0.4, 0.5) is 10.1 Å². The standard InChI is InChI=1S/C13H16FNO3S/c1-10(2)9-19(17,18)15-13-6-5-11(4-3-7-16)8-12(13)14/h5-6,8,10,15-16H,7,9H2,1-2H3. The van der Waals surface area contributed by atoms with E-state index in [0.717, 1.165) is 6.07 Å². The fourth-order valence-electron chi connectivity index (χ4n) is 1.47. The maximum absolute atomic E-state index is 13.7. The van der Waals surface area contributed by atoms with Crippen molar-refractivity contribution in [2.45, 2.75) is 13.8 Å². The van der Waals surface area contributed by atoms with Crippen LogP contribution in [0, 0.1) is 23.6 Å². The minimum Gasteiger partial charge on any atom is -0.384 e. The van der Waals surface area contributed by atoms with Gasteiger partial charge in [0.1, 0.15) is 12.4 Å². The molecule has 0 atom stereocenters. The van der Waals surface area contributed by atoms with Crippen molar-refractivity contribution in [1.29, 1.82) is 0 Å². The molecule has 0 amide bonds. The number of sulfonamides is 1. The monoisotopic (exact) mass is 285 g/mol. The van der Waals surface area contributed by atoms with Crippen LogP contribution in [0.5, 0.6) is 0 Å². The molecule has 0 aliphatic carbocycles. The molecule has 0 heterocycles. The van der Waals surface area contributed by atoms with E-state index in [4.69, 9.17) is 5.11 Å². The molecule has 1 rings (SSSR count). The second kappa shape index (κ2) is 6.55. The van der Waals surface area contributed by atoms with Crippen LogP contribution >= 0.6 is 0 Å². The number of halogens is 1. The van der Waals surface area contributed by atoms with Gasteiger partial charge in [0.15, 0.2) is 0 Å². The third-order valence-corrected chi connectivity index (χ3v) is 3.74. The van der Waals surface area contributed by atoms with Gasteiger partial charge in [-0.1, -0.05) is 25.7 Å². The smallest absolute Gasteiger partial charge is 0.233 e. The highest BCUT2D eigenvalue weighted by atomic mass is 32.2. The number of hydrogen-bond donors (Lipinski definition) is 2. The van der Waals surface area contributed by atoms with Gasteiger partial charge in [-0.3, -0.25) is 4.72 Å². The van der Waals surface area contributed by atoms with E-state index in [-0.39, 0.29) is 24.0 Å². The molecule has 2 N–H and O–H groups in total. The molecule has 0 spiro atoms. The zero-order valence-corrected chi connectivity index (χ0v) is 11.6. The summed E-state index contributed by atoms with van der Waals surface area (Å²) in [5, 5.41) is 8.53. The number of anilines is 1. The summed E-state index contributed by atoms with van der Waals surface area (Å²) in [7, 11) is -3.55. The Morgan fingerprint density at radius 2 is 2.11 bits per heavy atom. The molecule has 0 fully saturated rings. The molecule has 104 valence electrons. The normalized spacial score (nSPS) is 11.0. The topological polar surface area (TPSA) is 66.4 Å². The van der Waals surface area contributed by atoms with Crippen LogP contribution < -0.4 is 4.72 Å². The first-order valence-electron chi connectivity index (χ1n) is 5.74. The number of benzene rings is 1. The summed E-state index contributed by atoms with van der Waals surface area (Å²) in [4.78, 5) is 0. The molecule has 0 aromatic heterocycles. The average molecular weight is 285 g/mol. The number of aliphatic hydroxyl groups excluding tert-OH is 1. The molecule has 1 aromatic carbocycles. The van der Waals surface area contributed by atoms with Gasteiger partial charge in [0.2, 0.25) is 10.0 Å². The minimum atomic E-state index is -3.55. The van der Waals surface area contributed by atoms with E-state index in [1.54, 1.807) is 13.8 Å². The quantitative estimate of drug-likeness (QED) is 0.825. The van der Waals surface area contributed by atoms with Crippen LogP contribution in [0.15, 0.2) is 18.2 Å². The fraction of sp³-hybridized carbons (Fsp3) is 0.385. The summed E-state index contributed by atoms with van der Waals surface area (Å²) in [5.41, 5.74) is 0.272. The molecule has 0 unspecified atom stereocenters. The summed E-state index contributed by atoms with van der Waals surface area (Å²) >= 11 is 0. The Hall–Kier alpha value is -1.58. The SMILES string of the molecule is CC(C)CS(=O)(=O)Nc1ccc(C#CCO)cc1F. The molecule has 19 heavy (non-hydrogen) atoms. The summed E-state index contributed by atoms with van der Waals surface area (Å²) in [6, 6.07) is 3.92. The largest absolute Gasteiger partial charge is 0.384 e. The first-order chi connectivity index (χ1) is 8.84. The van der Waals surface area contributed by atoms with E-state index in [0.29, 0.717) is 5.56 Å². The van der Waals surface area contributed by atoms with E-state index >= 15 is 0 Å². The minimum absolute atomic E-state index is 0.0461. The second-order valence-electron chi connectivity index (χ2n) is 4.43. The van der Waals surface area contributed by atoms with Crippen molar-refractivity contribution in [3.8, 4) is 11.8 Å². The molecule has 0 aliphatic rings. The Kier molecular flexibility index (Phi) is 5.33. The van der Waals surface area contributed by atoms with E-state index in [9.17, 15) is 12.8 Å². The van der Waals surface area contributed by atoms with Crippen molar-refractivity contribution >= 4 is 15.7 Å². The van der Waals surface area contributed by atoms with Crippen molar-refractivity contribution in [2.75, 3.05) is 17.1 Å². The Bertz CT molecular complexity index is 600. The van der Waals surface area contributed by atoms with Crippen LogP contribution in [0.1, 0.15) is 19.4 Å². The van der Waals surface area contributed by atoms with Crippen LogP contribution in [0.25, 0.3) is 0 Å². The van der Waals surface area contributed by atoms with Crippen molar-refractivity contribution in [3.05, 3.63) is 29.6 Å². The van der Waals surface area contributed by atoms with E-state index in [1.165, 1.54) is 12.1 Å². The van der Waals surface area contributed by atoms with Crippen molar-refractivity contribution in [2.24, 2.45) is 5.92 Å². The molecule has 0 aliphatic heterocycles. The summed E-state index contributed by atoms with van der Waals surface area (Å²) in [6.07, 6.45) is 0. The highest BCUT2D eigenvalue weighted by Gasteiger charge is 2.15. The summed E-state index contributed by atoms with van der Waals surface area (Å²) in [5.74, 6) is 4.11. The van der Waals surface area contributed by atoms with Gasteiger partial charge in [0, 0.05) is 5.56 Å². The van der Waals surface area contributed by atoms with Gasteiger partial charge < -0.3 is 5.11 Å². The number of nitrogens with one attached hydrogen (secondary N) is 1. The average Bonchev–Trinajstić information content (AvgIpc) is 2.27. The van der Waals surface area contributed by atoms with E-state index in [1.807, 2.05) is 0 Å². The van der Waals surface area contributed by atoms with E-state index < -0.39 is 15.8 Å². The Balaban J connectivity index is 2.92. The van der Waals surface area contributed by atoms with Gasteiger partial charge in [0.05, 0.1) is 11.4 Å². The molecule has 0 radical (unpaired) electrons. The van der Waals surface area contributed by atoms with Gasteiger partial charge in [-0.2, -0.15) is 0 Å². The predicted octanol–water partition coefficient (Wildman–Crippen LogP) is 1.57. The number of hydrogen-bond acceptors (Lipinski definition) is 3. The predicted molar refractivity (Wildman–Crippen MR) is 72.6 cm³/mol. The molecular weight excluding hydrogens is 269 g/mol. The van der Waals surface area contributed by atoms with Gasteiger partial charge in [-0.05, 0) is 24.1 Å².